The van der Waals surface area contributed by atoms with Crippen molar-refractivity contribution in [1.29, 1.82) is 0 Å². The number of nitrogens with one attached hydrogen (secondary N) is 1. The molecule has 3 aliphatic carbocycles. The lowest BCUT2D eigenvalue weighted by atomic mass is 9.46. The number of nitrogens with zero attached hydrogens (tertiary/aromatic N) is 1. The number of aromatic nitrogens is 1. The lowest BCUT2D eigenvalue weighted by Gasteiger charge is -2.58. The second-order valence-electron chi connectivity index (χ2n) is 10.4. The molecule has 1 aliphatic heterocycles. The Morgan fingerprint density at radius 3 is 2.83 bits per heavy atom. The maximum absolute atomic E-state index is 12.1. The minimum Gasteiger partial charge on any atom is -0.495 e. The van der Waals surface area contributed by atoms with E-state index in [4.69, 9.17) is 4.74 Å². The first-order valence-electron chi connectivity index (χ1n) is 11.4. The SMILES string of the molecule is COc1cncc(C2=CCC3C4CCC5CNC(=O)CCC5(C)C4CCC23C)c1. The molecule has 1 saturated heterocycles. The summed E-state index contributed by atoms with van der Waals surface area (Å²) in [5.41, 5.74) is 3.26. The van der Waals surface area contributed by atoms with Crippen LogP contribution in [0.3, 0.4) is 0 Å². The Morgan fingerprint density at radius 1 is 1.14 bits per heavy atom. The van der Waals surface area contributed by atoms with Gasteiger partial charge in [0.15, 0.2) is 0 Å². The van der Waals surface area contributed by atoms with E-state index in [1.54, 1.807) is 13.3 Å². The number of carbonyl (C=O) groups is 1. The molecular formula is C25H34N2O2. The first kappa shape index (κ1) is 19.1. The van der Waals surface area contributed by atoms with Gasteiger partial charge < -0.3 is 10.1 Å². The zero-order valence-electron chi connectivity index (χ0n) is 18.0. The molecule has 2 heterocycles. The van der Waals surface area contributed by atoms with Crippen LogP contribution in [0.15, 0.2) is 24.5 Å². The Labute approximate surface area is 174 Å². The van der Waals surface area contributed by atoms with E-state index in [1.165, 1.54) is 43.2 Å². The van der Waals surface area contributed by atoms with E-state index in [1.807, 2.05) is 6.20 Å². The van der Waals surface area contributed by atoms with E-state index in [0.29, 0.717) is 23.7 Å². The minimum atomic E-state index is 0.233. The summed E-state index contributed by atoms with van der Waals surface area (Å²) in [5.74, 6) is 3.99. The van der Waals surface area contributed by atoms with Gasteiger partial charge in [0.25, 0.3) is 0 Å². The maximum Gasteiger partial charge on any atom is 0.220 e. The molecule has 0 spiro atoms. The van der Waals surface area contributed by atoms with Gasteiger partial charge in [-0.3, -0.25) is 9.78 Å². The molecule has 1 amide bonds. The summed E-state index contributed by atoms with van der Waals surface area (Å²) in [6.07, 6.45) is 14.4. The highest BCUT2D eigenvalue weighted by atomic mass is 16.5. The molecule has 3 fully saturated rings. The molecule has 0 radical (unpaired) electrons. The summed E-state index contributed by atoms with van der Waals surface area (Å²) in [4.78, 5) is 16.5. The topological polar surface area (TPSA) is 51.2 Å². The fourth-order valence-electron chi connectivity index (χ4n) is 7.66. The molecule has 6 unspecified atom stereocenters. The van der Waals surface area contributed by atoms with Crippen LogP contribution in [0.5, 0.6) is 5.75 Å². The summed E-state index contributed by atoms with van der Waals surface area (Å²) in [7, 11) is 1.71. The molecule has 1 aromatic rings. The molecule has 6 atom stereocenters. The predicted molar refractivity (Wildman–Crippen MR) is 114 cm³/mol. The number of rotatable bonds is 2. The lowest BCUT2D eigenvalue weighted by molar-refractivity contribution is -0.121. The maximum atomic E-state index is 12.1. The van der Waals surface area contributed by atoms with Gasteiger partial charge in [-0.05, 0) is 90.2 Å². The largest absolute Gasteiger partial charge is 0.495 e. The third-order valence-electron chi connectivity index (χ3n) is 9.34. The normalized spacial score (nSPS) is 41.3. The van der Waals surface area contributed by atoms with Crippen LogP contribution >= 0.6 is 0 Å². The Bertz CT molecular complexity index is 849. The molecule has 29 heavy (non-hydrogen) atoms. The molecular weight excluding hydrogens is 360 g/mol. The number of hydrogen-bond acceptors (Lipinski definition) is 3. The first-order chi connectivity index (χ1) is 14.0. The highest BCUT2D eigenvalue weighted by Crippen LogP contribution is 2.66. The molecule has 5 rings (SSSR count). The highest BCUT2D eigenvalue weighted by Gasteiger charge is 2.58. The Morgan fingerprint density at radius 2 is 2.00 bits per heavy atom. The number of carbonyl (C=O) groups excluding carboxylic acids is 1. The third kappa shape index (κ3) is 2.85. The summed E-state index contributed by atoms with van der Waals surface area (Å²) in [6, 6.07) is 2.15. The first-order valence-corrected chi connectivity index (χ1v) is 11.4. The van der Waals surface area contributed by atoms with Crippen LogP contribution in [0.4, 0.5) is 0 Å². The molecule has 1 aromatic heterocycles. The standard InChI is InChI=1S/C25H34N2O2/c1-24-11-9-23(28)27-14-17(24)4-5-19-21-7-6-20(25(21,2)10-8-22(19)24)16-12-18(29-3)15-26-13-16/h6,12-13,15,17,19,21-22H,4-5,7-11,14H2,1-3H3,(H,27,28). The summed E-state index contributed by atoms with van der Waals surface area (Å²) < 4.78 is 5.44. The van der Waals surface area contributed by atoms with Gasteiger partial charge in [-0.1, -0.05) is 19.9 Å². The van der Waals surface area contributed by atoms with E-state index in [-0.39, 0.29) is 11.3 Å². The van der Waals surface area contributed by atoms with Gasteiger partial charge in [-0.2, -0.15) is 0 Å². The van der Waals surface area contributed by atoms with E-state index in [0.717, 1.165) is 30.6 Å². The van der Waals surface area contributed by atoms with Crippen molar-refractivity contribution < 1.29 is 9.53 Å². The minimum absolute atomic E-state index is 0.233. The number of methoxy groups -OCH3 is 1. The molecule has 156 valence electrons. The Kier molecular flexibility index (Phi) is 4.52. The van der Waals surface area contributed by atoms with E-state index < -0.39 is 0 Å². The highest BCUT2D eigenvalue weighted by molar-refractivity contribution is 5.76. The Hall–Kier alpha value is -1.84. The summed E-state index contributed by atoms with van der Waals surface area (Å²) in [5, 5.41) is 3.19. The van der Waals surface area contributed by atoms with Crippen LogP contribution in [0.1, 0.15) is 64.4 Å². The number of fused-ring (bicyclic) bond motifs is 5. The third-order valence-corrected chi connectivity index (χ3v) is 9.34. The number of ether oxygens (including phenoxy) is 1. The fraction of sp³-hybridized carbons (Fsp3) is 0.680. The average Bonchev–Trinajstić information content (AvgIpc) is 3.01. The van der Waals surface area contributed by atoms with Crippen LogP contribution in [0, 0.1) is 34.5 Å². The fourth-order valence-corrected chi connectivity index (χ4v) is 7.66. The number of hydrogen-bond donors (Lipinski definition) is 1. The number of pyridine rings is 1. The predicted octanol–water partition coefficient (Wildman–Crippen LogP) is 4.85. The van der Waals surface area contributed by atoms with Crippen LogP contribution < -0.4 is 10.1 Å². The van der Waals surface area contributed by atoms with E-state index in [9.17, 15) is 4.79 Å². The van der Waals surface area contributed by atoms with Crippen molar-refractivity contribution >= 4 is 11.5 Å². The average molecular weight is 395 g/mol. The molecule has 1 N–H and O–H groups in total. The van der Waals surface area contributed by atoms with Crippen LogP contribution in [-0.2, 0) is 4.79 Å². The van der Waals surface area contributed by atoms with Crippen molar-refractivity contribution in [2.45, 2.75) is 58.8 Å². The van der Waals surface area contributed by atoms with Gasteiger partial charge in [0.1, 0.15) is 5.75 Å². The van der Waals surface area contributed by atoms with Gasteiger partial charge in [0, 0.05) is 19.2 Å². The quantitative estimate of drug-likeness (QED) is 0.780. The van der Waals surface area contributed by atoms with Crippen molar-refractivity contribution in [1.82, 2.24) is 10.3 Å². The summed E-state index contributed by atoms with van der Waals surface area (Å²) >= 11 is 0. The lowest BCUT2D eigenvalue weighted by Crippen LogP contribution is -2.52. The molecule has 0 aromatic carbocycles. The van der Waals surface area contributed by atoms with Crippen molar-refractivity contribution in [3.05, 3.63) is 30.1 Å². The van der Waals surface area contributed by atoms with Crippen molar-refractivity contribution in [2.24, 2.45) is 34.5 Å². The number of amides is 1. The monoisotopic (exact) mass is 394 g/mol. The van der Waals surface area contributed by atoms with Crippen LogP contribution in [0.25, 0.3) is 5.57 Å². The second-order valence-corrected chi connectivity index (χ2v) is 10.4. The van der Waals surface area contributed by atoms with Gasteiger partial charge >= 0.3 is 0 Å². The van der Waals surface area contributed by atoms with Crippen molar-refractivity contribution in [3.8, 4) is 5.75 Å². The second kappa shape index (κ2) is 6.85. The van der Waals surface area contributed by atoms with Gasteiger partial charge in [-0.25, -0.2) is 0 Å². The summed E-state index contributed by atoms with van der Waals surface area (Å²) in [6.45, 7) is 5.89. The van der Waals surface area contributed by atoms with E-state index in [2.05, 4.69) is 36.3 Å². The van der Waals surface area contributed by atoms with Gasteiger partial charge in [-0.15, -0.1) is 0 Å². The van der Waals surface area contributed by atoms with Crippen molar-refractivity contribution in [2.75, 3.05) is 13.7 Å². The smallest absolute Gasteiger partial charge is 0.220 e. The van der Waals surface area contributed by atoms with Crippen LogP contribution in [0.2, 0.25) is 0 Å². The van der Waals surface area contributed by atoms with Crippen LogP contribution in [-0.4, -0.2) is 24.5 Å². The zero-order valence-corrected chi connectivity index (χ0v) is 18.0. The molecule has 2 saturated carbocycles. The van der Waals surface area contributed by atoms with E-state index >= 15 is 0 Å². The molecule has 4 heteroatoms. The number of allylic oxidation sites excluding steroid dienone is 2. The zero-order chi connectivity index (χ0) is 20.2. The molecule has 4 aliphatic rings. The molecule has 4 nitrogen and oxygen atoms in total. The molecule has 0 bridgehead atoms. The van der Waals surface area contributed by atoms with Crippen molar-refractivity contribution in [3.63, 3.8) is 0 Å². The van der Waals surface area contributed by atoms with Gasteiger partial charge in [0.05, 0.1) is 13.3 Å². The Balaban J connectivity index is 1.44. The van der Waals surface area contributed by atoms with Gasteiger partial charge in [0.2, 0.25) is 5.91 Å².